The molecule has 0 spiro atoms. The van der Waals surface area contributed by atoms with Gasteiger partial charge in [-0.3, -0.25) is 20.4 Å². The Labute approximate surface area is 93.3 Å². The number of amides is 2. The molecule has 16 heavy (non-hydrogen) atoms. The van der Waals surface area contributed by atoms with E-state index in [1.54, 1.807) is 13.8 Å². The van der Waals surface area contributed by atoms with Crippen molar-refractivity contribution in [2.24, 2.45) is 0 Å². The van der Waals surface area contributed by atoms with Gasteiger partial charge in [0.05, 0.1) is 19.3 Å². The van der Waals surface area contributed by atoms with Gasteiger partial charge in [0.25, 0.3) is 0 Å². The van der Waals surface area contributed by atoms with Crippen molar-refractivity contribution >= 4 is 11.8 Å². The monoisotopic (exact) mass is 234 g/mol. The third-order valence-electron chi connectivity index (χ3n) is 1.51. The van der Waals surface area contributed by atoms with Gasteiger partial charge < -0.3 is 10.2 Å². The lowest BCUT2D eigenvalue weighted by molar-refractivity contribution is -0.140. The molecule has 0 aliphatic heterocycles. The number of nitrogens with one attached hydrogen (secondary N) is 4. The first-order chi connectivity index (χ1) is 7.51. The highest BCUT2D eigenvalue weighted by atomic mass is 16.3. The number of carbonyl (C=O) groups excluding carboxylic acids is 2. The van der Waals surface area contributed by atoms with Gasteiger partial charge in [-0.2, -0.15) is 0 Å². The second kappa shape index (κ2) is 7.99. The van der Waals surface area contributed by atoms with Gasteiger partial charge in [0, 0.05) is 6.04 Å². The topological polar surface area (TPSA) is 123 Å². The Morgan fingerprint density at radius 2 is 1.44 bits per heavy atom. The van der Waals surface area contributed by atoms with Crippen LogP contribution in [0.15, 0.2) is 0 Å². The molecule has 0 aromatic rings. The lowest BCUT2D eigenvalue weighted by Gasteiger charge is -2.14. The van der Waals surface area contributed by atoms with Crippen LogP contribution >= 0.6 is 0 Å². The van der Waals surface area contributed by atoms with E-state index in [0.717, 1.165) is 0 Å². The van der Waals surface area contributed by atoms with E-state index in [2.05, 4.69) is 16.3 Å². The number of aliphatic hydroxyl groups is 2. The minimum Gasteiger partial charge on any atom is -0.395 e. The van der Waals surface area contributed by atoms with Crippen LogP contribution < -0.4 is 21.7 Å². The number of hydrazine groups is 2. The zero-order chi connectivity index (χ0) is 12.6. The molecule has 0 aliphatic rings. The van der Waals surface area contributed by atoms with Gasteiger partial charge in [-0.15, -0.1) is 0 Å². The van der Waals surface area contributed by atoms with Crippen molar-refractivity contribution in [2.75, 3.05) is 13.2 Å². The van der Waals surface area contributed by atoms with E-state index in [-0.39, 0.29) is 19.3 Å². The van der Waals surface area contributed by atoms with Crippen molar-refractivity contribution in [1.82, 2.24) is 21.7 Å². The fourth-order valence-electron chi connectivity index (χ4n) is 0.640. The SMILES string of the molecule is CC(C)NNC(=O)C(=O)NNC(CO)CO. The Morgan fingerprint density at radius 3 is 1.81 bits per heavy atom. The van der Waals surface area contributed by atoms with Crippen molar-refractivity contribution in [3.63, 3.8) is 0 Å². The summed E-state index contributed by atoms with van der Waals surface area (Å²) in [5, 5.41) is 17.3. The molecule has 0 unspecified atom stereocenters. The Balaban J connectivity index is 3.83. The van der Waals surface area contributed by atoms with Gasteiger partial charge in [-0.1, -0.05) is 0 Å². The van der Waals surface area contributed by atoms with Crippen molar-refractivity contribution in [1.29, 1.82) is 0 Å². The van der Waals surface area contributed by atoms with Crippen molar-refractivity contribution in [3.8, 4) is 0 Å². The molecule has 6 N–H and O–H groups in total. The first kappa shape index (κ1) is 14.8. The average Bonchev–Trinajstić information content (AvgIpc) is 2.26. The van der Waals surface area contributed by atoms with Crippen LogP contribution in [-0.2, 0) is 9.59 Å². The Morgan fingerprint density at radius 1 is 1.00 bits per heavy atom. The molecule has 0 rings (SSSR count). The van der Waals surface area contributed by atoms with Crippen LogP contribution in [0.4, 0.5) is 0 Å². The summed E-state index contributed by atoms with van der Waals surface area (Å²) >= 11 is 0. The third-order valence-corrected chi connectivity index (χ3v) is 1.51. The molecule has 0 saturated heterocycles. The molecule has 8 nitrogen and oxygen atoms in total. The molecule has 94 valence electrons. The number of carbonyl (C=O) groups is 2. The first-order valence-electron chi connectivity index (χ1n) is 4.84. The fourth-order valence-corrected chi connectivity index (χ4v) is 0.640. The fraction of sp³-hybridized carbons (Fsp3) is 0.750. The minimum atomic E-state index is -0.917. The number of rotatable bonds is 6. The van der Waals surface area contributed by atoms with E-state index < -0.39 is 17.9 Å². The second-order valence-electron chi connectivity index (χ2n) is 3.41. The molecule has 2 amide bonds. The standard InChI is InChI=1S/C8H18N4O4/c1-5(2)9-11-7(15)8(16)12-10-6(3-13)4-14/h5-6,9-10,13-14H,3-4H2,1-2H3,(H,11,15)(H,12,16). The maximum Gasteiger partial charge on any atom is 0.324 e. The van der Waals surface area contributed by atoms with Crippen molar-refractivity contribution in [2.45, 2.75) is 25.9 Å². The van der Waals surface area contributed by atoms with Crippen molar-refractivity contribution in [3.05, 3.63) is 0 Å². The normalized spacial score (nSPS) is 10.6. The third kappa shape index (κ3) is 6.30. The van der Waals surface area contributed by atoms with Crippen LogP contribution in [0.1, 0.15) is 13.8 Å². The second-order valence-corrected chi connectivity index (χ2v) is 3.41. The minimum absolute atomic E-state index is 0.00680. The van der Waals surface area contributed by atoms with E-state index in [1.165, 1.54) is 0 Å². The van der Waals surface area contributed by atoms with E-state index in [0.29, 0.717) is 0 Å². The maximum atomic E-state index is 11.1. The van der Waals surface area contributed by atoms with Gasteiger partial charge in [0.1, 0.15) is 0 Å². The van der Waals surface area contributed by atoms with Gasteiger partial charge in [-0.05, 0) is 13.8 Å². The first-order valence-corrected chi connectivity index (χ1v) is 4.84. The summed E-state index contributed by atoms with van der Waals surface area (Å²) in [4.78, 5) is 22.2. The molecular formula is C8H18N4O4. The number of hydrogen-bond donors (Lipinski definition) is 6. The zero-order valence-electron chi connectivity index (χ0n) is 9.28. The molecule has 0 radical (unpaired) electrons. The van der Waals surface area contributed by atoms with Crippen LogP contribution in [0.3, 0.4) is 0 Å². The highest BCUT2D eigenvalue weighted by Gasteiger charge is 2.14. The van der Waals surface area contributed by atoms with Crippen LogP contribution in [0, 0.1) is 0 Å². The highest BCUT2D eigenvalue weighted by Crippen LogP contribution is 1.76. The van der Waals surface area contributed by atoms with Crippen LogP contribution in [-0.4, -0.2) is 47.3 Å². The van der Waals surface area contributed by atoms with E-state index >= 15 is 0 Å². The summed E-state index contributed by atoms with van der Waals surface area (Å²) in [6.07, 6.45) is 0. The molecule has 0 atom stereocenters. The zero-order valence-corrected chi connectivity index (χ0v) is 9.28. The van der Waals surface area contributed by atoms with Crippen molar-refractivity contribution < 1.29 is 19.8 Å². The van der Waals surface area contributed by atoms with Crippen LogP contribution in [0.5, 0.6) is 0 Å². The summed E-state index contributed by atoms with van der Waals surface area (Å²) in [5.41, 5.74) is 9.08. The van der Waals surface area contributed by atoms with Gasteiger partial charge in [0.15, 0.2) is 0 Å². The van der Waals surface area contributed by atoms with Gasteiger partial charge >= 0.3 is 11.8 Å². The molecular weight excluding hydrogens is 216 g/mol. The van der Waals surface area contributed by atoms with Crippen LogP contribution in [0.25, 0.3) is 0 Å². The smallest absolute Gasteiger partial charge is 0.324 e. The summed E-state index contributed by atoms with van der Waals surface area (Å²) in [5.74, 6) is -1.78. The number of hydrogen-bond acceptors (Lipinski definition) is 6. The Kier molecular flexibility index (Phi) is 7.38. The average molecular weight is 234 g/mol. The Bertz CT molecular complexity index is 230. The predicted octanol–water partition coefficient (Wildman–Crippen LogP) is -3.01. The molecule has 8 heteroatoms. The summed E-state index contributed by atoms with van der Waals surface area (Å²) in [6.45, 7) is 2.87. The Hall–Kier alpha value is -1.22. The summed E-state index contributed by atoms with van der Waals surface area (Å²) in [6, 6.07) is -0.692. The van der Waals surface area contributed by atoms with E-state index in [1.807, 2.05) is 5.43 Å². The van der Waals surface area contributed by atoms with E-state index in [9.17, 15) is 9.59 Å². The summed E-state index contributed by atoms with van der Waals surface area (Å²) in [7, 11) is 0. The number of aliphatic hydroxyl groups excluding tert-OH is 2. The van der Waals surface area contributed by atoms with Gasteiger partial charge in [-0.25, -0.2) is 10.9 Å². The lowest BCUT2D eigenvalue weighted by Crippen LogP contribution is -2.54. The maximum absolute atomic E-state index is 11.1. The molecule has 0 bridgehead atoms. The van der Waals surface area contributed by atoms with E-state index in [4.69, 9.17) is 10.2 Å². The molecule has 0 aliphatic carbocycles. The lowest BCUT2D eigenvalue weighted by atomic mass is 10.4. The largest absolute Gasteiger partial charge is 0.395 e. The predicted molar refractivity (Wildman–Crippen MR) is 55.7 cm³/mol. The molecule has 0 heterocycles. The molecule has 0 aromatic heterocycles. The highest BCUT2D eigenvalue weighted by molar-refractivity contribution is 6.34. The van der Waals surface area contributed by atoms with Crippen LogP contribution in [0.2, 0.25) is 0 Å². The van der Waals surface area contributed by atoms with Gasteiger partial charge in [0.2, 0.25) is 0 Å². The summed E-state index contributed by atoms with van der Waals surface area (Å²) < 4.78 is 0. The molecule has 0 aromatic carbocycles. The molecule has 0 fully saturated rings. The molecule has 0 saturated carbocycles. The quantitative estimate of drug-likeness (QED) is 0.215.